The third-order valence-corrected chi connectivity index (χ3v) is 3.02. The molecule has 0 aromatic carbocycles. The molecule has 0 aromatic heterocycles. The van der Waals surface area contributed by atoms with Crippen LogP contribution in [0, 0.1) is 5.41 Å². The SMILES string of the molecule is CCB(Br)/C(=C/C(C)(C)C)CC. The van der Waals surface area contributed by atoms with E-state index >= 15 is 0 Å². The van der Waals surface area contributed by atoms with Crippen LogP contribution in [-0.4, -0.2) is 5.54 Å². The zero-order chi connectivity index (χ0) is 9.78. The molecule has 0 nitrogen and oxygen atoms in total. The van der Waals surface area contributed by atoms with Gasteiger partial charge < -0.3 is 0 Å². The van der Waals surface area contributed by atoms with Crippen molar-refractivity contribution in [1.29, 1.82) is 0 Å². The number of halogens is 1. The molecule has 70 valence electrons. The fourth-order valence-corrected chi connectivity index (χ4v) is 1.69. The van der Waals surface area contributed by atoms with Gasteiger partial charge in [0, 0.05) is 0 Å². The number of allylic oxidation sites excluding steroid dienone is 2. The Morgan fingerprint density at radius 1 is 1.33 bits per heavy atom. The van der Waals surface area contributed by atoms with E-state index in [4.69, 9.17) is 0 Å². The van der Waals surface area contributed by atoms with Crippen LogP contribution in [0.4, 0.5) is 0 Å². The lowest BCUT2D eigenvalue weighted by Gasteiger charge is -2.17. The predicted molar refractivity (Wildman–Crippen MR) is 63.0 cm³/mol. The molecular formula is C10H20BBr. The summed E-state index contributed by atoms with van der Waals surface area (Å²) in [6.45, 7) is 11.2. The van der Waals surface area contributed by atoms with Crippen LogP contribution in [0.2, 0.25) is 6.32 Å². The van der Waals surface area contributed by atoms with Crippen molar-refractivity contribution in [1.82, 2.24) is 0 Å². The van der Waals surface area contributed by atoms with E-state index in [0.29, 0.717) is 11.0 Å². The number of hydrogen-bond acceptors (Lipinski definition) is 0. The molecule has 0 N–H and O–H groups in total. The van der Waals surface area contributed by atoms with E-state index < -0.39 is 0 Å². The first-order valence-electron chi connectivity index (χ1n) is 4.76. The van der Waals surface area contributed by atoms with E-state index in [1.54, 1.807) is 0 Å². The largest absolute Gasteiger partial charge is 0.250 e. The van der Waals surface area contributed by atoms with Gasteiger partial charge in [-0.1, -0.05) is 52.5 Å². The average Bonchev–Trinajstić information content (AvgIpc) is 1.97. The van der Waals surface area contributed by atoms with Crippen LogP contribution in [0.15, 0.2) is 11.5 Å². The van der Waals surface area contributed by atoms with Crippen molar-refractivity contribution in [2.24, 2.45) is 5.41 Å². The summed E-state index contributed by atoms with van der Waals surface area (Å²) in [5.74, 6) is 0. The van der Waals surface area contributed by atoms with Gasteiger partial charge in [-0.25, -0.2) is 0 Å². The standard InChI is InChI=1S/C10H20BBr/c1-6-9(11(12)7-2)8-10(3,4)5/h8H,6-7H2,1-5H3/b9-8+. The predicted octanol–water partition coefficient (Wildman–Crippen LogP) is 4.31. The van der Waals surface area contributed by atoms with Crippen molar-refractivity contribution >= 4 is 21.3 Å². The van der Waals surface area contributed by atoms with E-state index in [-0.39, 0.29) is 0 Å². The van der Waals surface area contributed by atoms with Crippen molar-refractivity contribution in [3.8, 4) is 0 Å². The Balaban J connectivity index is 4.43. The summed E-state index contributed by atoms with van der Waals surface area (Å²) in [4.78, 5) is 0. The van der Waals surface area contributed by atoms with Gasteiger partial charge in [-0.2, -0.15) is 15.8 Å². The highest BCUT2D eigenvalue weighted by Crippen LogP contribution is 2.23. The molecular weight excluding hydrogens is 211 g/mol. The molecule has 0 bridgehead atoms. The Kier molecular flexibility index (Phi) is 5.23. The first-order valence-corrected chi connectivity index (χ1v) is 5.68. The molecule has 0 aliphatic carbocycles. The zero-order valence-electron chi connectivity index (χ0n) is 8.95. The lowest BCUT2D eigenvalue weighted by Crippen LogP contribution is -2.10. The quantitative estimate of drug-likeness (QED) is 0.634. The maximum Gasteiger partial charge on any atom is 0.250 e. The molecule has 12 heavy (non-hydrogen) atoms. The first-order chi connectivity index (χ1) is 5.40. The minimum Gasteiger partial charge on any atom is -0.150 e. The Labute approximate surface area is 85.9 Å². The van der Waals surface area contributed by atoms with Crippen molar-refractivity contribution in [2.75, 3.05) is 0 Å². The van der Waals surface area contributed by atoms with Crippen LogP contribution in [0.1, 0.15) is 41.0 Å². The van der Waals surface area contributed by atoms with E-state index in [1.165, 1.54) is 11.8 Å². The maximum absolute atomic E-state index is 3.69. The van der Waals surface area contributed by atoms with Gasteiger partial charge in [-0.15, -0.1) is 0 Å². The minimum atomic E-state index is 0.312. The highest BCUT2D eigenvalue weighted by Gasteiger charge is 2.15. The molecule has 0 heterocycles. The normalized spacial score (nSPS) is 13.3. The zero-order valence-corrected chi connectivity index (χ0v) is 10.5. The van der Waals surface area contributed by atoms with E-state index in [0.717, 1.165) is 6.42 Å². The third kappa shape index (κ3) is 5.02. The van der Waals surface area contributed by atoms with Crippen LogP contribution < -0.4 is 0 Å². The second-order valence-corrected chi connectivity index (χ2v) is 5.42. The van der Waals surface area contributed by atoms with Gasteiger partial charge in [0.15, 0.2) is 0 Å². The minimum absolute atomic E-state index is 0.312. The summed E-state index contributed by atoms with van der Waals surface area (Å²) in [6, 6.07) is 0. The second kappa shape index (κ2) is 5.11. The molecule has 0 aliphatic heterocycles. The van der Waals surface area contributed by atoms with Crippen molar-refractivity contribution in [3.05, 3.63) is 11.5 Å². The Morgan fingerprint density at radius 2 is 1.83 bits per heavy atom. The third-order valence-electron chi connectivity index (χ3n) is 1.79. The number of rotatable bonds is 3. The van der Waals surface area contributed by atoms with Crippen molar-refractivity contribution < 1.29 is 0 Å². The van der Waals surface area contributed by atoms with Gasteiger partial charge in [-0.3, -0.25) is 0 Å². The molecule has 0 fully saturated rings. The fraction of sp³-hybridized carbons (Fsp3) is 0.800. The van der Waals surface area contributed by atoms with Gasteiger partial charge in [0.2, 0.25) is 5.54 Å². The average molecular weight is 231 g/mol. The molecule has 0 amide bonds. The molecule has 0 atom stereocenters. The van der Waals surface area contributed by atoms with Gasteiger partial charge in [0.25, 0.3) is 0 Å². The van der Waals surface area contributed by atoms with Gasteiger partial charge in [0.1, 0.15) is 0 Å². The Bertz CT molecular complexity index is 156. The van der Waals surface area contributed by atoms with E-state index in [9.17, 15) is 0 Å². The summed E-state index contributed by atoms with van der Waals surface area (Å²) in [6.07, 6.45) is 4.71. The molecule has 0 aromatic rings. The Morgan fingerprint density at radius 3 is 2.08 bits per heavy atom. The second-order valence-electron chi connectivity index (χ2n) is 4.31. The molecule has 0 radical (unpaired) electrons. The summed E-state index contributed by atoms with van der Waals surface area (Å²) in [5, 5.41) is 0. The van der Waals surface area contributed by atoms with E-state index in [2.05, 4.69) is 56.5 Å². The van der Waals surface area contributed by atoms with Crippen LogP contribution in [0.3, 0.4) is 0 Å². The van der Waals surface area contributed by atoms with Crippen molar-refractivity contribution in [3.63, 3.8) is 0 Å². The monoisotopic (exact) mass is 230 g/mol. The van der Waals surface area contributed by atoms with Crippen molar-refractivity contribution in [2.45, 2.75) is 47.4 Å². The molecule has 0 saturated carbocycles. The van der Waals surface area contributed by atoms with Gasteiger partial charge in [-0.05, 0) is 11.8 Å². The molecule has 2 heteroatoms. The highest BCUT2D eigenvalue weighted by atomic mass is 79.9. The van der Waals surface area contributed by atoms with Crippen LogP contribution in [0.25, 0.3) is 0 Å². The highest BCUT2D eigenvalue weighted by molar-refractivity contribution is 9.24. The first kappa shape index (κ1) is 12.3. The van der Waals surface area contributed by atoms with Crippen LogP contribution >= 0.6 is 15.8 Å². The van der Waals surface area contributed by atoms with E-state index in [1.807, 2.05) is 0 Å². The number of hydrogen-bond donors (Lipinski definition) is 0. The van der Waals surface area contributed by atoms with Gasteiger partial charge in [0.05, 0.1) is 0 Å². The summed E-state index contributed by atoms with van der Waals surface area (Å²) >= 11 is 3.69. The lowest BCUT2D eigenvalue weighted by molar-refractivity contribution is 0.541. The molecule has 0 saturated heterocycles. The lowest BCUT2D eigenvalue weighted by atomic mass is 9.63. The topological polar surface area (TPSA) is 0 Å². The molecule has 0 spiro atoms. The summed E-state index contributed by atoms with van der Waals surface area (Å²) in [5.41, 5.74) is 2.42. The molecule has 0 rings (SSSR count). The van der Waals surface area contributed by atoms with Crippen LogP contribution in [-0.2, 0) is 0 Å². The maximum atomic E-state index is 3.69. The van der Waals surface area contributed by atoms with Gasteiger partial charge >= 0.3 is 0 Å². The summed E-state index contributed by atoms with van der Waals surface area (Å²) in [7, 11) is 0. The Hall–Kier alpha value is 0.285. The fourth-order valence-electron chi connectivity index (χ4n) is 1.23. The van der Waals surface area contributed by atoms with Crippen LogP contribution in [0.5, 0.6) is 0 Å². The molecule has 0 aliphatic rings. The molecule has 0 unspecified atom stereocenters. The smallest absolute Gasteiger partial charge is 0.150 e. The summed E-state index contributed by atoms with van der Waals surface area (Å²) < 4.78 is 0.